The van der Waals surface area contributed by atoms with Crippen molar-refractivity contribution in [1.82, 2.24) is 4.90 Å². The molecule has 1 amide bonds. The van der Waals surface area contributed by atoms with E-state index in [0.29, 0.717) is 5.75 Å². The summed E-state index contributed by atoms with van der Waals surface area (Å²) >= 11 is 13.0. The molecule has 0 saturated carbocycles. The molecule has 0 bridgehead atoms. The molecule has 0 saturated heterocycles. The van der Waals surface area contributed by atoms with Gasteiger partial charge in [-0.15, -0.1) is 0 Å². The van der Waals surface area contributed by atoms with Crippen LogP contribution in [0.1, 0.15) is 31.4 Å². The number of amides is 1. The molecule has 0 fully saturated rings. The largest absolute Gasteiger partial charge is 0.493 e. The average Bonchev–Trinajstić information content (AvgIpc) is 3.25. The molecule has 13 heteroatoms. The van der Waals surface area contributed by atoms with Gasteiger partial charge in [-0.2, -0.15) is 0 Å². The van der Waals surface area contributed by atoms with Crippen molar-refractivity contribution in [3.63, 3.8) is 0 Å². The molecule has 43 heavy (non-hydrogen) atoms. The lowest BCUT2D eigenvalue weighted by molar-refractivity contribution is -0.143. The van der Waals surface area contributed by atoms with Crippen LogP contribution in [0.4, 0.5) is 5.69 Å². The molecule has 4 rings (SSSR count). The van der Waals surface area contributed by atoms with Crippen LogP contribution < -0.4 is 13.8 Å². The Balaban J connectivity index is 2.03. The van der Waals surface area contributed by atoms with Gasteiger partial charge in [0.15, 0.2) is 17.5 Å². The van der Waals surface area contributed by atoms with Crippen molar-refractivity contribution in [3.8, 4) is 11.5 Å². The van der Waals surface area contributed by atoms with Crippen LogP contribution in [0.3, 0.4) is 0 Å². The predicted molar refractivity (Wildman–Crippen MR) is 162 cm³/mol. The molecule has 2 atom stereocenters. The smallest absolute Gasteiger partial charge is 0.307 e. The first-order valence-corrected chi connectivity index (χ1v) is 15.4. The lowest BCUT2D eigenvalue weighted by atomic mass is 9.82. The number of carbonyl (C=O) groups is 2. The summed E-state index contributed by atoms with van der Waals surface area (Å²) in [7, 11) is -0.577. The Hall–Kier alpha value is -3.51. The Morgan fingerprint density at radius 1 is 0.977 bits per heavy atom. The Morgan fingerprint density at radius 2 is 1.65 bits per heavy atom. The zero-order valence-corrected chi connectivity index (χ0v) is 26.5. The van der Waals surface area contributed by atoms with E-state index in [-0.39, 0.29) is 50.5 Å². The van der Waals surface area contributed by atoms with Crippen LogP contribution in [-0.2, 0) is 30.0 Å². The molecule has 2 unspecified atom stereocenters. The van der Waals surface area contributed by atoms with Gasteiger partial charge in [-0.3, -0.25) is 9.59 Å². The minimum Gasteiger partial charge on any atom is -0.493 e. The van der Waals surface area contributed by atoms with Gasteiger partial charge in [0.25, 0.3) is 10.0 Å². The molecular weight excluding hydrogens is 619 g/mol. The number of aliphatic hydroxyl groups is 1. The molecule has 10 nitrogen and oxygen atoms in total. The highest BCUT2D eigenvalue weighted by Crippen LogP contribution is 2.53. The number of sulfonamides is 1. The summed E-state index contributed by atoms with van der Waals surface area (Å²) in [6.07, 6.45) is -0.154. The number of fused-ring (bicyclic) bond motifs is 1. The van der Waals surface area contributed by atoms with Crippen molar-refractivity contribution >= 4 is 50.8 Å². The Kier molecular flexibility index (Phi) is 9.51. The highest BCUT2D eigenvalue weighted by Gasteiger charge is 2.60. The van der Waals surface area contributed by atoms with E-state index in [9.17, 15) is 23.1 Å². The summed E-state index contributed by atoms with van der Waals surface area (Å²) in [5, 5.41) is 13.0. The van der Waals surface area contributed by atoms with Crippen molar-refractivity contribution in [3.05, 3.63) is 81.8 Å². The summed E-state index contributed by atoms with van der Waals surface area (Å²) < 4.78 is 45.4. The van der Waals surface area contributed by atoms with Crippen molar-refractivity contribution in [2.24, 2.45) is 0 Å². The summed E-state index contributed by atoms with van der Waals surface area (Å²) in [5.74, 6) is -0.886. The Morgan fingerprint density at radius 3 is 2.26 bits per heavy atom. The van der Waals surface area contributed by atoms with E-state index in [1.807, 2.05) is 0 Å². The van der Waals surface area contributed by atoms with Gasteiger partial charge in [0.1, 0.15) is 5.60 Å². The summed E-state index contributed by atoms with van der Waals surface area (Å²) in [4.78, 5) is 27.8. The summed E-state index contributed by atoms with van der Waals surface area (Å²) in [5.41, 5.74) is -2.11. The van der Waals surface area contributed by atoms with Gasteiger partial charge in [0.05, 0.1) is 38.3 Å². The average molecular weight is 652 g/mol. The maximum absolute atomic E-state index is 14.6. The lowest BCUT2D eigenvalue weighted by Crippen LogP contribution is -2.59. The third-order valence-corrected chi connectivity index (χ3v) is 9.70. The molecule has 0 spiro atoms. The monoisotopic (exact) mass is 650 g/mol. The molecule has 0 aliphatic carbocycles. The third kappa shape index (κ3) is 5.74. The number of anilines is 1. The molecule has 3 aromatic rings. The number of benzene rings is 3. The fourth-order valence-electron chi connectivity index (χ4n) is 5.26. The normalized spacial score (nSPS) is 17.9. The van der Waals surface area contributed by atoms with Crippen LogP contribution >= 0.6 is 23.2 Å². The van der Waals surface area contributed by atoms with Crippen LogP contribution in [-0.4, -0.2) is 70.3 Å². The highest BCUT2D eigenvalue weighted by molar-refractivity contribution is 7.93. The van der Waals surface area contributed by atoms with Gasteiger partial charge in [-0.05, 0) is 50.2 Å². The topological polar surface area (TPSA) is 123 Å². The van der Waals surface area contributed by atoms with Gasteiger partial charge in [0, 0.05) is 39.8 Å². The lowest BCUT2D eigenvalue weighted by Gasteiger charge is -2.39. The van der Waals surface area contributed by atoms with E-state index >= 15 is 0 Å². The SMILES string of the molecule is COC(=O)CCN(C(=O)C1N(S(=O)(=O)c2ccc(OC)c(OC)c2)c2ccc(Cl)cc2C1(O)c1ccccc1Cl)C(C)C. The number of hydrogen-bond donors (Lipinski definition) is 1. The van der Waals surface area contributed by atoms with Gasteiger partial charge in [-0.25, -0.2) is 12.7 Å². The van der Waals surface area contributed by atoms with E-state index < -0.39 is 39.6 Å². The van der Waals surface area contributed by atoms with Crippen molar-refractivity contribution in [2.75, 3.05) is 32.2 Å². The van der Waals surface area contributed by atoms with Crippen molar-refractivity contribution in [2.45, 2.75) is 42.8 Å². The molecule has 1 N–H and O–H groups in total. The predicted octanol–water partition coefficient (Wildman–Crippen LogP) is 4.62. The number of rotatable bonds is 10. The number of methoxy groups -OCH3 is 3. The van der Waals surface area contributed by atoms with E-state index in [0.717, 1.165) is 4.31 Å². The highest BCUT2D eigenvalue weighted by atomic mass is 35.5. The first kappa shape index (κ1) is 32.4. The van der Waals surface area contributed by atoms with Gasteiger partial charge in [0.2, 0.25) is 5.91 Å². The minimum atomic E-state index is -4.59. The second kappa shape index (κ2) is 12.6. The van der Waals surface area contributed by atoms with Crippen molar-refractivity contribution < 1.29 is 37.3 Å². The summed E-state index contributed by atoms with van der Waals surface area (Å²) in [6.45, 7) is 3.34. The van der Waals surface area contributed by atoms with E-state index in [4.69, 9.17) is 37.4 Å². The Labute approximate surface area is 260 Å². The van der Waals surface area contributed by atoms with Crippen LogP contribution in [0, 0.1) is 0 Å². The molecule has 1 heterocycles. The van der Waals surface area contributed by atoms with Crippen LogP contribution in [0.15, 0.2) is 65.6 Å². The number of carbonyl (C=O) groups excluding carboxylic acids is 2. The second-order valence-corrected chi connectivity index (χ2v) is 12.7. The first-order valence-electron chi connectivity index (χ1n) is 13.2. The molecule has 0 radical (unpaired) electrons. The van der Waals surface area contributed by atoms with Crippen LogP contribution in [0.5, 0.6) is 11.5 Å². The number of halogens is 2. The molecular formula is C30H32Cl2N2O8S. The third-order valence-electron chi connectivity index (χ3n) is 7.36. The standard InChI is InChI=1S/C30H32Cl2N2O8S/c1-18(2)33(15-14-27(35)42-5)29(36)28-30(37,21-8-6-7-9-23(21)32)22-16-19(31)10-12-24(22)34(28)43(38,39)20-11-13-25(40-3)26(17-20)41-4/h6-13,16-18,28,37H,14-15H2,1-5H3. The van der Waals surface area contributed by atoms with Crippen LogP contribution in [0.25, 0.3) is 0 Å². The molecule has 3 aromatic carbocycles. The van der Waals surface area contributed by atoms with E-state index in [1.54, 1.807) is 26.0 Å². The van der Waals surface area contributed by atoms with Gasteiger partial charge >= 0.3 is 5.97 Å². The quantitative estimate of drug-likeness (QED) is 0.315. The fourth-order valence-corrected chi connectivity index (χ4v) is 7.37. The fraction of sp³-hybridized carbons (Fsp3) is 0.333. The first-order chi connectivity index (χ1) is 20.3. The summed E-state index contributed by atoms with van der Waals surface area (Å²) in [6, 6.07) is 12.4. The maximum atomic E-state index is 14.6. The van der Waals surface area contributed by atoms with E-state index in [1.165, 1.54) is 74.8 Å². The molecule has 1 aliphatic heterocycles. The molecule has 0 aromatic heterocycles. The Bertz CT molecular complexity index is 1650. The molecule has 230 valence electrons. The number of hydrogen-bond acceptors (Lipinski definition) is 8. The number of ether oxygens (including phenoxy) is 3. The zero-order chi connectivity index (χ0) is 31.7. The van der Waals surface area contributed by atoms with Crippen LogP contribution in [0.2, 0.25) is 10.0 Å². The van der Waals surface area contributed by atoms with E-state index in [2.05, 4.69) is 0 Å². The van der Waals surface area contributed by atoms with Gasteiger partial charge in [-0.1, -0.05) is 41.4 Å². The number of esters is 1. The molecule has 1 aliphatic rings. The second-order valence-electron chi connectivity index (χ2n) is 10.1. The van der Waals surface area contributed by atoms with Gasteiger partial charge < -0.3 is 24.2 Å². The maximum Gasteiger partial charge on any atom is 0.307 e. The minimum absolute atomic E-state index is 0.0247. The zero-order valence-electron chi connectivity index (χ0n) is 24.2. The van der Waals surface area contributed by atoms with Crippen molar-refractivity contribution in [1.29, 1.82) is 0 Å². The number of nitrogens with zero attached hydrogens (tertiary/aromatic N) is 2.